The Hall–Kier alpha value is -1.43. The lowest BCUT2D eigenvalue weighted by molar-refractivity contribution is 0.0950. The Kier molecular flexibility index (Phi) is 4.91. The van der Waals surface area contributed by atoms with E-state index in [0.29, 0.717) is 18.4 Å². The molecule has 0 spiro atoms. The van der Waals surface area contributed by atoms with E-state index in [2.05, 4.69) is 34.6 Å². The van der Waals surface area contributed by atoms with Gasteiger partial charge in [0.05, 0.1) is 0 Å². The molecule has 0 aliphatic rings. The average molecular weight is 226 g/mol. The van der Waals surface area contributed by atoms with E-state index < -0.39 is 0 Å². The van der Waals surface area contributed by atoms with Crippen molar-refractivity contribution in [2.24, 2.45) is 0 Å². The topological polar surface area (TPSA) is 80.0 Å². The zero-order valence-electron chi connectivity index (χ0n) is 9.91. The van der Waals surface area contributed by atoms with E-state index in [9.17, 15) is 4.79 Å². The minimum atomic E-state index is -0.324. The molecule has 0 bridgehead atoms. The van der Waals surface area contributed by atoms with Crippen LogP contribution in [-0.4, -0.2) is 35.7 Å². The molecule has 0 aliphatic carbocycles. The van der Waals surface area contributed by atoms with Crippen molar-refractivity contribution in [2.45, 2.75) is 32.7 Å². The molecule has 2 N–H and O–H groups in total. The quantitative estimate of drug-likeness (QED) is 0.685. The highest BCUT2D eigenvalue weighted by Gasteiger charge is 2.12. The summed E-state index contributed by atoms with van der Waals surface area (Å²) >= 11 is 0. The standard InChI is InChI=1S/C10H18N4O2/c1-7(2)12-6-4-5-8-13-9(14-16-8)10(15)11-3/h7,12H,4-6H2,1-3H3,(H,11,15). The molecule has 0 saturated carbocycles. The van der Waals surface area contributed by atoms with E-state index >= 15 is 0 Å². The van der Waals surface area contributed by atoms with Crippen molar-refractivity contribution >= 4 is 5.91 Å². The van der Waals surface area contributed by atoms with Crippen molar-refractivity contribution in [3.63, 3.8) is 0 Å². The van der Waals surface area contributed by atoms with Crippen LogP contribution in [0.3, 0.4) is 0 Å². The minimum Gasteiger partial charge on any atom is -0.352 e. The second kappa shape index (κ2) is 6.22. The number of hydrogen-bond donors (Lipinski definition) is 2. The fourth-order valence-corrected chi connectivity index (χ4v) is 1.19. The predicted octanol–water partition coefficient (Wildman–Crippen LogP) is 0.360. The molecular weight excluding hydrogens is 208 g/mol. The minimum absolute atomic E-state index is 0.0920. The van der Waals surface area contributed by atoms with Crippen molar-refractivity contribution in [2.75, 3.05) is 13.6 Å². The summed E-state index contributed by atoms with van der Waals surface area (Å²) in [5.41, 5.74) is 0. The fourth-order valence-electron chi connectivity index (χ4n) is 1.19. The maximum absolute atomic E-state index is 11.1. The molecule has 1 heterocycles. The van der Waals surface area contributed by atoms with Crippen LogP contribution in [-0.2, 0) is 6.42 Å². The van der Waals surface area contributed by atoms with Gasteiger partial charge in [0.1, 0.15) is 0 Å². The molecule has 1 aromatic rings. The molecule has 0 atom stereocenters. The summed E-state index contributed by atoms with van der Waals surface area (Å²) in [6.45, 7) is 5.09. The van der Waals surface area contributed by atoms with Crippen LogP contribution >= 0.6 is 0 Å². The second-order valence-corrected chi connectivity index (χ2v) is 3.80. The summed E-state index contributed by atoms with van der Waals surface area (Å²) in [4.78, 5) is 15.1. The maximum atomic E-state index is 11.1. The van der Waals surface area contributed by atoms with Crippen LogP contribution in [0.5, 0.6) is 0 Å². The van der Waals surface area contributed by atoms with Gasteiger partial charge in [-0.3, -0.25) is 4.79 Å². The Morgan fingerprint density at radius 1 is 1.50 bits per heavy atom. The summed E-state index contributed by atoms with van der Waals surface area (Å²) in [5, 5.41) is 9.31. The van der Waals surface area contributed by atoms with Crippen LogP contribution in [0.1, 0.15) is 36.8 Å². The van der Waals surface area contributed by atoms with Crippen LogP contribution < -0.4 is 10.6 Å². The number of carbonyl (C=O) groups is 1. The van der Waals surface area contributed by atoms with E-state index in [1.807, 2.05) is 0 Å². The van der Waals surface area contributed by atoms with E-state index in [-0.39, 0.29) is 11.7 Å². The molecule has 6 nitrogen and oxygen atoms in total. The maximum Gasteiger partial charge on any atom is 0.292 e. The summed E-state index contributed by atoms with van der Waals surface area (Å²) in [6.07, 6.45) is 1.59. The van der Waals surface area contributed by atoms with Gasteiger partial charge in [-0.2, -0.15) is 4.98 Å². The molecule has 1 amide bonds. The number of rotatable bonds is 6. The predicted molar refractivity (Wildman–Crippen MR) is 59.1 cm³/mol. The zero-order chi connectivity index (χ0) is 12.0. The van der Waals surface area contributed by atoms with E-state index in [0.717, 1.165) is 13.0 Å². The molecule has 6 heteroatoms. The van der Waals surface area contributed by atoms with Gasteiger partial charge < -0.3 is 15.2 Å². The molecule has 0 aromatic carbocycles. The van der Waals surface area contributed by atoms with Crippen molar-refractivity contribution in [1.82, 2.24) is 20.8 Å². The lowest BCUT2D eigenvalue weighted by Crippen LogP contribution is -2.24. The molecule has 0 aliphatic heterocycles. The average Bonchev–Trinajstić information content (AvgIpc) is 2.71. The van der Waals surface area contributed by atoms with Gasteiger partial charge in [-0.1, -0.05) is 19.0 Å². The van der Waals surface area contributed by atoms with Gasteiger partial charge in [0.25, 0.3) is 11.7 Å². The van der Waals surface area contributed by atoms with Crippen LogP contribution in [0.2, 0.25) is 0 Å². The first-order valence-corrected chi connectivity index (χ1v) is 5.41. The third-order valence-corrected chi connectivity index (χ3v) is 2.02. The normalized spacial score (nSPS) is 10.8. The number of aromatic nitrogens is 2. The third kappa shape index (κ3) is 3.98. The van der Waals surface area contributed by atoms with Crippen molar-refractivity contribution in [1.29, 1.82) is 0 Å². The highest BCUT2D eigenvalue weighted by molar-refractivity contribution is 5.89. The van der Waals surface area contributed by atoms with Gasteiger partial charge in [0, 0.05) is 19.5 Å². The highest BCUT2D eigenvalue weighted by atomic mass is 16.5. The highest BCUT2D eigenvalue weighted by Crippen LogP contribution is 2.00. The zero-order valence-corrected chi connectivity index (χ0v) is 9.91. The first-order valence-electron chi connectivity index (χ1n) is 5.41. The number of aryl methyl sites for hydroxylation is 1. The van der Waals surface area contributed by atoms with Crippen LogP contribution in [0.4, 0.5) is 0 Å². The van der Waals surface area contributed by atoms with E-state index in [1.54, 1.807) is 0 Å². The van der Waals surface area contributed by atoms with E-state index in [4.69, 9.17) is 4.52 Å². The number of amides is 1. The Morgan fingerprint density at radius 3 is 2.88 bits per heavy atom. The second-order valence-electron chi connectivity index (χ2n) is 3.80. The molecule has 0 saturated heterocycles. The van der Waals surface area contributed by atoms with Crippen LogP contribution in [0.25, 0.3) is 0 Å². The molecule has 0 fully saturated rings. The van der Waals surface area contributed by atoms with Crippen LogP contribution in [0, 0.1) is 0 Å². The van der Waals surface area contributed by atoms with Gasteiger partial charge in [-0.05, 0) is 13.0 Å². The summed E-state index contributed by atoms with van der Waals surface area (Å²) in [7, 11) is 1.53. The van der Waals surface area contributed by atoms with Gasteiger partial charge in [0.2, 0.25) is 5.89 Å². The molecule has 16 heavy (non-hydrogen) atoms. The number of nitrogens with zero attached hydrogens (tertiary/aromatic N) is 2. The van der Waals surface area contributed by atoms with E-state index in [1.165, 1.54) is 7.05 Å². The SMILES string of the molecule is CNC(=O)c1noc(CCCNC(C)C)n1. The molecule has 1 rings (SSSR count). The summed E-state index contributed by atoms with van der Waals surface area (Å²) in [6, 6.07) is 0.476. The number of nitrogens with one attached hydrogen (secondary N) is 2. The van der Waals surface area contributed by atoms with Gasteiger partial charge in [-0.15, -0.1) is 0 Å². The van der Waals surface area contributed by atoms with Crippen molar-refractivity contribution in [3.05, 3.63) is 11.7 Å². The lowest BCUT2D eigenvalue weighted by Gasteiger charge is -2.05. The summed E-state index contributed by atoms with van der Waals surface area (Å²) in [5.74, 6) is 0.272. The van der Waals surface area contributed by atoms with Gasteiger partial charge in [-0.25, -0.2) is 0 Å². The number of carbonyl (C=O) groups excluding carboxylic acids is 1. The van der Waals surface area contributed by atoms with Crippen molar-refractivity contribution in [3.8, 4) is 0 Å². The van der Waals surface area contributed by atoms with Gasteiger partial charge >= 0.3 is 0 Å². The van der Waals surface area contributed by atoms with Gasteiger partial charge in [0.15, 0.2) is 0 Å². The Balaban J connectivity index is 2.32. The lowest BCUT2D eigenvalue weighted by atomic mass is 10.3. The Bertz CT molecular complexity index is 335. The smallest absolute Gasteiger partial charge is 0.292 e. The molecule has 0 unspecified atom stereocenters. The molecular formula is C10H18N4O2. The monoisotopic (exact) mass is 226 g/mol. The largest absolute Gasteiger partial charge is 0.352 e. The summed E-state index contributed by atoms with van der Waals surface area (Å²) < 4.78 is 4.94. The Morgan fingerprint density at radius 2 is 2.25 bits per heavy atom. The Labute approximate surface area is 94.8 Å². The number of hydrogen-bond acceptors (Lipinski definition) is 5. The first kappa shape index (κ1) is 12.6. The molecule has 1 aromatic heterocycles. The fraction of sp³-hybridized carbons (Fsp3) is 0.700. The van der Waals surface area contributed by atoms with Crippen LogP contribution in [0.15, 0.2) is 4.52 Å². The van der Waals surface area contributed by atoms with Crippen molar-refractivity contribution < 1.29 is 9.32 Å². The molecule has 90 valence electrons. The first-order chi connectivity index (χ1) is 7.63. The molecule has 0 radical (unpaired) electrons. The third-order valence-electron chi connectivity index (χ3n) is 2.02.